The van der Waals surface area contributed by atoms with Crippen molar-refractivity contribution in [1.82, 2.24) is 5.32 Å². The minimum atomic E-state index is -1.25. The van der Waals surface area contributed by atoms with Gasteiger partial charge in [-0.05, 0) is 6.07 Å². The topological polar surface area (TPSA) is 151 Å². The average molecular weight is 327 g/mol. The van der Waals surface area contributed by atoms with Gasteiger partial charge in [0, 0.05) is 18.7 Å². The number of carboxylic acid groups (broad SMARTS) is 1. The molecule has 0 saturated heterocycles. The van der Waals surface area contributed by atoms with E-state index in [0.717, 1.165) is 6.07 Å². The molecular formula is C13H17N3O7. The van der Waals surface area contributed by atoms with Crippen LogP contribution in [0.2, 0.25) is 0 Å². The summed E-state index contributed by atoms with van der Waals surface area (Å²) in [6, 6.07) is 2.48. The summed E-state index contributed by atoms with van der Waals surface area (Å²) in [7, 11) is 1.33. The molecule has 0 aromatic heterocycles. The number of rotatable bonds is 9. The molecule has 10 heteroatoms. The van der Waals surface area contributed by atoms with Crippen LogP contribution in [0, 0.1) is 10.1 Å². The Morgan fingerprint density at radius 1 is 1.43 bits per heavy atom. The molecule has 0 heterocycles. The first-order chi connectivity index (χ1) is 10.9. The number of nitro benzene ring substituents is 1. The van der Waals surface area contributed by atoms with Gasteiger partial charge < -0.3 is 25.6 Å². The van der Waals surface area contributed by atoms with Crippen molar-refractivity contribution in [2.24, 2.45) is 0 Å². The van der Waals surface area contributed by atoms with Gasteiger partial charge in [0.1, 0.15) is 11.8 Å². The predicted octanol–water partition coefficient (Wildman–Crippen LogP) is -0.0329. The Bertz CT molecular complexity index is 591. The zero-order valence-corrected chi connectivity index (χ0v) is 12.3. The van der Waals surface area contributed by atoms with Crippen molar-refractivity contribution in [3.63, 3.8) is 0 Å². The third-order valence-corrected chi connectivity index (χ3v) is 2.86. The molecular weight excluding hydrogens is 310 g/mol. The quantitative estimate of drug-likeness (QED) is 0.364. The number of hydrogen-bond donors (Lipinski definition) is 4. The van der Waals surface area contributed by atoms with Gasteiger partial charge in [-0.15, -0.1) is 0 Å². The number of non-ortho nitro benzene ring substituents is 1. The number of nitro groups is 1. The molecule has 126 valence electrons. The van der Waals surface area contributed by atoms with Crippen molar-refractivity contribution in [2.45, 2.75) is 12.5 Å². The lowest BCUT2D eigenvalue weighted by molar-refractivity contribution is -0.384. The fourth-order valence-electron chi connectivity index (χ4n) is 1.78. The van der Waals surface area contributed by atoms with Crippen LogP contribution in [0.15, 0.2) is 18.2 Å². The highest BCUT2D eigenvalue weighted by Crippen LogP contribution is 2.28. The van der Waals surface area contributed by atoms with Crippen LogP contribution in [0.25, 0.3) is 0 Å². The summed E-state index contributed by atoms with van der Waals surface area (Å²) >= 11 is 0. The standard InChI is InChI=1S/C13H17N3O7/c1-23-11-3-2-8(16(21)22)6-9(11)15-12(18)7-10(13(19)20)14-4-5-17/h2-3,6,10,14,17H,4-5,7H2,1H3,(H,15,18)(H,19,20). The number of benzene rings is 1. The van der Waals surface area contributed by atoms with Gasteiger partial charge in [0.05, 0.1) is 30.7 Å². The molecule has 0 fully saturated rings. The number of methoxy groups -OCH3 is 1. The fraction of sp³-hybridized carbons (Fsp3) is 0.385. The fourth-order valence-corrected chi connectivity index (χ4v) is 1.78. The number of hydrogen-bond acceptors (Lipinski definition) is 7. The predicted molar refractivity (Wildman–Crippen MR) is 79.4 cm³/mol. The first-order valence-electron chi connectivity index (χ1n) is 6.58. The molecule has 1 aromatic carbocycles. The summed E-state index contributed by atoms with van der Waals surface area (Å²) in [4.78, 5) is 33.1. The van der Waals surface area contributed by atoms with Gasteiger partial charge >= 0.3 is 5.97 Å². The first kappa shape index (κ1) is 18.3. The van der Waals surface area contributed by atoms with E-state index in [4.69, 9.17) is 14.9 Å². The van der Waals surface area contributed by atoms with Gasteiger partial charge in [-0.1, -0.05) is 0 Å². The molecule has 0 bridgehead atoms. The van der Waals surface area contributed by atoms with Gasteiger partial charge in [-0.25, -0.2) is 0 Å². The summed E-state index contributed by atoms with van der Waals surface area (Å²) in [5.74, 6) is -1.71. The monoisotopic (exact) mass is 327 g/mol. The van der Waals surface area contributed by atoms with Crippen molar-refractivity contribution in [2.75, 3.05) is 25.6 Å². The van der Waals surface area contributed by atoms with E-state index in [1.807, 2.05) is 0 Å². The summed E-state index contributed by atoms with van der Waals surface area (Å²) in [5.41, 5.74) is -0.174. The minimum Gasteiger partial charge on any atom is -0.495 e. The number of aliphatic hydroxyl groups excluding tert-OH is 1. The number of nitrogens with zero attached hydrogens (tertiary/aromatic N) is 1. The summed E-state index contributed by atoms with van der Waals surface area (Å²) in [5, 5.41) is 33.3. The number of nitrogens with one attached hydrogen (secondary N) is 2. The van der Waals surface area contributed by atoms with E-state index in [9.17, 15) is 19.7 Å². The Morgan fingerprint density at radius 3 is 2.65 bits per heavy atom. The van der Waals surface area contributed by atoms with Crippen molar-refractivity contribution in [1.29, 1.82) is 0 Å². The van der Waals surface area contributed by atoms with Gasteiger partial charge in [0.2, 0.25) is 5.91 Å². The van der Waals surface area contributed by atoms with Gasteiger partial charge in [0.15, 0.2) is 0 Å². The molecule has 10 nitrogen and oxygen atoms in total. The Kier molecular flexibility index (Phi) is 6.90. The number of ether oxygens (including phenoxy) is 1. The van der Waals surface area contributed by atoms with E-state index in [0.29, 0.717) is 0 Å². The molecule has 1 rings (SSSR count). The lowest BCUT2D eigenvalue weighted by Crippen LogP contribution is -2.41. The number of amides is 1. The third kappa shape index (κ3) is 5.52. The van der Waals surface area contributed by atoms with Crippen LogP contribution in [0.1, 0.15) is 6.42 Å². The Hall–Kier alpha value is -2.72. The lowest BCUT2D eigenvalue weighted by atomic mass is 10.2. The SMILES string of the molecule is COc1ccc([N+](=O)[O-])cc1NC(=O)CC(NCCO)C(=O)O. The van der Waals surface area contributed by atoms with Crippen LogP contribution < -0.4 is 15.4 Å². The Balaban J connectivity index is 2.84. The van der Waals surface area contributed by atoms with Crippen LogP contribution >= 0.6 is 0 Å². The molecule has 1 atom stereocenters. The van der Waals surface area contributed by atoms with Gasteiger partial charge in [0.25, 0.3) is 5.69 Å². The number of carbonyl (C=O) groups excluding carboxylic acids is 1. The van der Waals surface area contributed by atoms with E-state index >= 15 is 0 Å². The summed E-state index contributed by atoms with van der Waals surface area (Å²) < 4.78 is 5.00. The maximum atomic E-state index is 11.9. The normalized spacial score (nSPS) is 11.6. The molecule has 0 aliphatic heterocycles. The van der Waals surface area contributed by atoms with E-state index in [-0.39, 0.29) is 30.3 Å². The van der Waals surface area contributed by atoms with E-state index in [1.165, 1.54) is 19.2 Å². The summed E-state index contributed by atoms with van der Waals surface area (Å²) in [6.45, 7) is -0.255. The maximum Gasteiger partial charge on any atom is 0.321 e. The van der Waals surface area contributed by atoms with E-state index < -0.39 is 29.3 Å². The zero-order valence-electron chi connectivity index (χ0n) is 12.3. The molecule has 1 amide bonds. The highest BCUT2D eigenvalue weighted by atomic mass is 16.6. The molecule has 0 radical (unpaired) electrons. The molecule has 0 aliphatic carbocycles. The average Bonchev–Trinajstić information content (AvgIpc) is 2.50. The van der Waals surface area contributed by atoms with Crippen LogP contribution in [0.3, 0.4) is 0 Å². The second-order valence-corrected chi connectivity index (χ2v) is 4.46. The van der Waals surface area contributed by atoms with Gasteiger partial charge in [-0.3, -0.25) is 19.7 Å². The van der Waals surface area contributed by atoms with Crippen LogP contribution in [0.5, 0.6) is 5.75 Å². The van der Waals surface area contributed by atoms with Crippen LogP contribution in [0.4, 0.5) is 11.4 Å². The lowest BCUT2D eigenvalue weighted by Gasteiger charge is -2.14. The zero-order chi connectivity index (χ0) is 17.4. The van der Waals surface area contributed by atoms with E-state index in [1.54, 1.807) is 0 Å². The summed E-state index contributed by atoms with van der Waals surface area (Å²) in [6.07, 6.45) is -0.415. The number of anilines is 1. The van der Waals surface area contributed by atoms with Crippen molar-refractivity contribution in [3.05, 3.63) is 28.3 Å². The number of aliphatic hydroxyl groups is 1. The van der Waals surface area contributed by atoms with E-state index in [2.05, 4.69) is 10.6 Å². The van der Waals surface area contributed by atoms with Crippen LogP contribution in [-0.2, 0) is 9.59 Å². The first-order valence-corrected chi connectivity index (χ1v) is 6.58. The van der Waals surface area contributed by atoms with Crippen molar-refractivity contribution in [3.8, 4) is 5.75 Å². The van der Waals surface area contributed by atoms with Crippen molar-refractivity contribution < 1.29 is 29.5 Å². The molecule has 1 unspecified atom stereocenters. The largest absolute Gasteiger partial charge is 0.495 e. The molecule has 1 aromatic rings. The molecule has 0 saturated carbocycles. The molecule has 23 heavy (non-hydrogen) atoms. The molecule has 0 aliphatic rings. The number of carboxylic acids is 1. The smallest absolute Gasteiger partial charge is 0.321 e. The van der Waals surface area contributed by atoms with Gasteiger partial charge in [-0.2, -0.15) is 0 Å². The van der Waals surface area contributed by atoms with Crippen LogP contribution in [-0.4, -0.2) is 53.3 Å². The Labute approximate surface area is 131 Å². The number of carbonyl (C=O) groups is 2. The number of aliphatic carboxylic acids is 1. The Morgan fingerprint density at radius 2 is 2.13 bits per heavy atom. The van der Waals surface area contributed by atoms with Crippen molar-refractivity contribution >= 4 is 23.3 Å². The third-order valence-electron chi connectivity index (χ3n) is 2.86. The minimum absolute atomic E-state index is 0.0182. The maximum absolute atomic E-state index is 11.9. The second-order valence-electron chi connectivity index (χ2n) is 4.46. The molecule has 4 N–H and O–H groups in total. The highest BCUT2D eigenvalue weighted by Gasteiger charge is 2.21. The second kappa shape index (κ2) is 8.66. The highest BCUT2D eigenvalue weighted by molar-refractivity contribution is 5.95. The molecule has 0 spiro atoms.